The molecule has 0 spiro atoms. The molecule has 0 saturated heterocycles. The molecule has 1 aliphatic carbocycles. The Bertz CT molecular complexity index is 782. The van der Waals surface area contributed by atoms with E-state index in [-0.39, 0.29) is 5.54 Å². The Balaban J connectivity index is 1.75. The minimum atomic E-state index is -0.245. The van der Waals surface area contributed by atoms with Gasteiger partial charge in [0.1, 0.15) is 10.8 Å². The van der Waals surface area contributed by atoms with E-state index in [1.807, 2.05) is 6.20 Å². The molecule has 0 unspecified atom stereocenters. The summed E-state index contributed by atoms with van der Waals surface area (Å²) in [5, 5.41) is 0.979. The van der Waals surface area contributed by atoms with Crippen LogP contribution in [0.2, 0.25) is 0 Å². The van der Waals surface area contributed by atoms with Gasteiger partial charge in [0.25, 0.3) is 0 Å². The van der Waals surface area contributed by atoms with Crippen LogP contribution >= 0.6 is 11.3 Å². The van der Waals surface area contributed by atoms with E-state index >= 15 is 0 Å². The van der Waals surface area contributed by atoms with Crippen molar-refractivity contribution in [3.63, 3.8) is 0 Å². The number of aromatic nitrogens is 3. The van der Waals surface area contributed by atoms with Crippen LogP contribution in [0.25, 0.3) is 20.9 Å². The van der Waals surface area contributed by atoms with Crippen LogP contribution in [0.15, 0.2) is 24.4 Å². The van der Waals surface area contributed by atoms with Crippen LogP contribution in [0.1, 0.15) is 30.7 Å². The van der Waals surface area contributed by atoms with Crippen LogP contribution in [0.4, 0.5) is 0 Å². The van der Waals surface area contributed by atoms with Crippen LogP contribution < -0.4 is 5.73 Å². The van der Waals surface area contributed by atoms with Crippen LogP contribution in [0.5, 0.6) is 0 Å². The molecular weight excluding hydrogens is 268 g/mol. The summed E-state index contributed by atoms with van der Waals surface area (Å²) in [7, 11) is 0. The molecule has 0 amide bonds. The predicted octanol–water partition coefficient (Wildman–Crippen LogP) is 3.33. The van der Waals surface area contributed by atoms with E-state index in [0.29, 0.717) is 0 Å². The molecule has 3 N–H and O–H groups in total. The van der Waals surface area contributed by atoms with Gasteiger partial charge in [0.2, 0.25) is 0 Å². The number of rotatable bonds is 2. The summed E-state index contributed by atoms with van der Waals surface area (Å²) >= 11 is 1.69. The maximum Gasteiger partial charge on any atom is 0.142 e. The highest BCUT2D eigenvalue weighted by atomic mass is 32.1. The van der Waals surface area contributed by atoms with E-state index < -0.39 is 0 Å². The second-order valence-corrected chi connectivity index (χ2v) is 6.68. The van der Waals surface area contributed by atoms with Gasteiger partial charge in [-0.1, -0.05) is 6.07 Å². The monoisotopic (exact) mass is 284 g/mol. The number of H-pyrrole nitrogens is 1. The fourth-order valence-corrected chi connectivity index (χ4v) is 3.54. The molecule has 1 saturated carbocycles. The lowest BCUT2D eigenvalue weighted by atomic mass is 9.77. The van der Waals surface area contributed by atoms with Crippen LogP contribution in [0, 0.1) is 6.92 Å². The zero-order valence-corrected chi connectivity index (χ0v) is 12.1. The number of imidazole rings is 1. The number of hydrogen-bond acceptors (Lipinski definition) is 4. The van der Waals surface area contributed by atoms with E-state index in [2.05, 4.69) is 40.1 Å². The molecule has 0 radical (unpaired) electrons. The number of nitrogens with two attached hydrogens (primary N) is 1. The van der Waals surface area contributed by atoms with Gasteiger partial charge in [-0.3, -0.25) is 0 Å². The van der Waals surface area contributed by atoms with E-state index in [4.69, 9.17) is 5.73 Å². The highest BCUT2D eigenvalue weighted by molar-refractivity contribution is 7.21. The first kappa shape index (κ1) is 12.1. The normalized spacial score (nSPS) is 17.3. The molecule has 2 aromatic heterocycles. The van der Waals surface area contributed by atoms with Crippen molar-refractivity contribution < 1.29 is 0 Å². The average Bonchev–Trinajstić information content (AvgIpc) is 3.01. The van der Waals surface area contributed by atoms with Gasteiger partial charge < -0.3 is 10.7 Å². The molecule has 2 heterocycles. The molecule has 20 heavy (non-hydrogen) atoms. The lowest BCUT2D eigenvalue weighted by molar-refractivity contribution is 0.240. The first-order chi connectivity index (χ1) is 9.64. The molecule has 4 rings (SSSR count). The quantitative estimate of drug-likeness (QED) is 0.758. The number of fused-ring (bicyclic) bond motifs is 1. The fourth-order valence-electron chi connectivity index (χ4n) is 2.63. The Morgan fingerprint density at radius 1 is 1.35 bits per heavy atom. The summed E-state index contributed by atoms with van der Waals surface area (Å²) in [6, 6.07) is 6.36. The van der Waals surface area contributed by atoms with Gasteiger partial charge in [0.15, 0.2) is 0 Å². The average molecular weight is 284 g/mol. The van der Waals surface area contributed by atoms with Crippen molar-refractivity contribution in [1.29, 1.82) is 0 Å². The highest BCUT2D eigenvalue weighted by Gasteiger charge is 2.37. The van der Waals surface area contributed by atoms with E-state index in [1.54, 1.807) is 11.3 Å². The molecule has 102 valence electrons. The first-order valence-electron chi connectivity index (χ1n) is 6.86. The molecule has 1 fully saturated rings. The van der Waals surface area contributed by atoms with Gasteiger partial charge in [0, 0.05) is 0 Å². The van der Waals surface area contributed by atoms with Crippen molar-refractivity contribution in [2.24, 2.45) is 5.73 Å². The number of nitrogens with one attached hydrogen (secondary N) is 1. The number of aryl methyl sites for hydroxylation is 1. The van der Waals surface area contributed by atoms with Gasteiger partial charge in [-0.25, -0.2) is 9.97 Å². The number of benzene rings is 1. The molecule has 0 aliphatic heterocycles. The van der Waals surface area contributed by atoms with Gasteiger partial charge >= 0.3 is 0 Å². The van der Waals surface area contributed by atoms with Crippen LogP contribution in [-0.2, 0) is 5.54 Å². The third kappa shape index (κ3) is 1.77. The van der Waals surface area contributed by atoms with Crippen LogP contribution in [0.3, 0.4) is 0 Å². The highest BCUT2D eigenvalue weighted by Crippen LogP contribution is 2.38. The second kappa shape index (κ2) is 4.14. The fraction of sp³-hybridized carbons (Fsp3) is 0.333. The van der Waals surface area contributed by atoms with Gasteiger partial charge in [-0.2, -0.15) is 0 Å². The summed E-state index contributed by atoms with van der Waals surface area (Å²) < 4.78 is 1.20. The summed E-state index contributed by atoms with van der Waals surface area (Å²) in [6.07, 6.45) is 5.07. The maximum absolute atomic E-state index is 6.30. The van der Waals surface area contributed by atoms with E-state index in [1.165, 1.54) is 16.7 Å². The Kier molecular flexibility index (Phi) is 2.49. The van der Waals surface area contributed by atoms with E-state index in [9.17, 15) is 0 Å². The largest absolute Gasteiger partial charge is 0.338 e. The van der Waals surface area contributed by atoms with Crippen molar-refractivity contribution in [2.45, 2.75) is 31.7 Å². The number of nitrogens with zero attached hydrogens (tertiary/aromatic N) is 2. The molecule has 1 aliphatic rings. The Hall–Kier alpha value is -1.72. The standard InChI is InChI=1S/C15H16N4S/c1-9-3-4-12-10(7-9)18-13(20-12)11-8-17-14(19-11)15(16)5-2-6-15/h3-4,7-8H,2,5-6,16H2,1H3,(H,17,19). The summed E-state index contributed by atoms with van der Waals surface area (Å²) in [6.45, 7) is 2.08. The SMILES string of the molecule is Cc1ccc2sc(-c3cnc(C4(N)CCC4)[nH]3)nc2c1. The number of thiazole rings is 1. The molecular formula is C15H16N4S. The van der Waals surface area contributed by atoms with Crippen LogP contribution in [-0.4, -0.2) is 15.0 Å². The first-order valence-corrected chi connectivity index (χ1v) is 7.68. The predicted molar refractivity (Wildman–Crippen MR) is 81.7 cm³/mol. The molecule has 4 nitrogen and oxygen atoms in total. The zero-order valence-electron chi connectivity index (χ0n) is 11.3. The topological polar surface area (TPSA) is 67.6 Å². The van der Waals surface area contributed by atoms with Gasteiger partial charge in [0.05, 0.1) is 27.6 Å². The third-order valence-corrected chi connectivity index (χ3v) is 5.14. The molecule has 0 bridgehead atoms. The van der Waals surface area contributed by atoms with E-state index in [0.717, 1.165) is 34.9 Å². The molecule has 3 aromatic rings. The summed E-state index contributed by atoms with van der Waals surface area (Å²) in [5.41, 5.74) is 9.30. The zero-order chi connectivity index (χ0) is 13.7. The molecule has 1 aromatic carbocycles. The molecule has 5 heteroatoms. The maximum atomic E-state index is 6.30. The Morgan fingerprint density at radius 3 is 2.95 bits per heavy atom. The lowest BCUT2D eigenvalue weighted by Crippen LogP contribution is -2.44. The third-order valence-electron chi connectivity index (χ3n) is 4.07. The Labute approximate surface area is 121 Å². The van der Waals surface area contributed by atoms with Crippen molar-refractivity contribution in [1.82, 2.24) is 15.0 Å². The second-order valence-electron chi connectivity index (χ2n) is 5.65. The lowest BCUT2D eigenvalue weighted by Gasteiger charge is -2.35. The minimum absolute atomic E-state index is 0.245. The van der Waals surface area contributed by atoms with Crippen molar-refractivity contribution >= 4 is 21.6 Å². The summed E-state index contributed by atoms with van der Waals surface area (Å²) in [5.74, 6) is 0.897. The van der Waals surface area contributed by atoms with Crippen molar-refractivity contribution in [3.05, 3.63) is 35.8 Å². The minimum Gasteiger partial charge on any atom is -0.338 e. The summed E-state index contributed by atoms with van der Waals surface area (Å²) in [4.78, 5) is 12.5. The molecule has 0 atom stereocenters. The van der Waals surface area contributed by atoms with Gasteiger partial charge in [-0.05, 0) is 43.9 Å². The number of hydrogen-bond donors (Lipinski definition) is 2. The van der Waals surface area contributed by atoms with Crippen molar-refractivity contribution in [3.8, 4) is 10.7 Å². The number of aromatic amines is 1. The van der Waals surface area contributed by atoms with Gasteiger partial charge in [-0.15, -0.1) is 11.3 Å². The Morgan fingerprint density at radius 2 is 2.20 bits per heavy atom. The van der Waals surface area contributed by atoms with Crippen molar-refractivity contribution in [2.75, 3.05) is 0 Å². The smallest absolute Gasteiger partial charge is 0.142 e.